The average Bonchev–Trinajstić information content (AvgIpc) is 2.50. The highest BCUT2D eigenvalue weighted by molar-refractivity contribution is 14.0. The Labute approximate surface area is 173 Å². The Bertz CT molecular complexity index is 507. The van der Waals surface area contributed by atoms with Gasteiger partial charge in [0.05, 0.1) is 6.04 Å². The standard InChI is InChI=1S/C17H28Cl2N4.HI/c1-4-23(5-2)11-7-6-10-21-17(20)22-13(3)15-9-8-14(18)12-16(15)19;/h8-9,12-13H,4-7,10-11H2,1-3H3,(H3,20,21,22);1H. The molecule has 0 aliphatic rings. The molecule has 0 radical (unpaired) electrons. The van der Waals surface area contributed by atoms with Crippen LogP contribution in [0.15, 0.2) is 23.2 Å². The molecule has 0 bridgehead atoms. The van der Waals surface area contributed by atoms with E-state index < -0.39 is 0 Å². The number of hydrogen-bond donors (Lipinski definition) is 2. The number of benzene rings is 1. The fourth-order valence-corrected chi connectivity index (χ4v) is 2.96. The van der Waals surface area contributed by atoms with Gasteiger partial charge in [0, 0.05) is 16.6 Å². The second-order valence-corrected chi connectivity index (χ2v) is 6.38. The van der Waals surface area contributed by atoms with E-state index >= 15 is 0 Å². The van der Waals surface area contributed by atoms with Crippen molar-refractivity contribution in [3.05, 3.63) is 33.8 Å². The number of aliphatic imine (C=N–C) groups is 1. The van der Waals surface area contributed by atoms with Crippen LogP contribution in [-0.4, -0.2) is 37.0 Å². The van der Waals surface area contributed by atoms with Crippen molar-refractivity contribution in [1.29, 1.82) is 0 Å². The zero-order valence-electron chi connectivity index (χ0n) is 14.7. The fraction of sp³-hybridized carbons (Fsp3) is 0.588. The van der Waals surface area contributed by atoms with Gasteiger partial charge in [-0.25, -0.2) is 0 Å². The molecule has 138 valence electrons. The van der Waals surface area contributed by atoms with Crippen LogP contribution < -0.4 is 11.1 Å². The van der Waals surface area contributed by atoms with Crippen LogP contribution in [0, 0.1) is 0 Å². The van der Waals surface area contributed by atoms with Crippen molar-refractivity contribution >= 4 is 53.1 Å². The first-order valence-electron chi connectivity index (χ1n) is 8.21. The number of halogens is 3. The van der Waals surface area contributed by atoms with Crippen molar-refractivity contribution in [2.24, 2.45) is 10.7 Å². The molecule has 0 amide bonds. The second kappa shape index (κ2) is 13.0. The molecule has 4 nitrogen and oxygen atoms in total. The molecule has 1 aromatic carbocycles. The fourth-order valence-electron chi connectivity index (χ4n) is 2.38. The Morgan fingerprint density at radius 2 is 1.92 bits per heavy atom. The molecule has 0 aliphatic carbocycles. The largest absolute Gasteiger partial charge is 0.370 e. The second-order valence-electron chi connectivity index (χ2n) is 5.53. The minimum absolute atomic E-state index is 0. The molecule has 7 heteroatoms. The van der Waals surface area contributed by atoms with Crippen LogP contribution in [0.1, 0.15) is 45.2 Å². The van der Waals surface area contributed by atoms with Gasteiger partial charge in [0.2, 0.25) is 0 Å². The van der Waals surface area contributed by atoms with Gasteiger partial charge in [-0.05, 0) is 57.1 Å². The van der Waals surface area contributed by atoms with E-state index in [9.17, 15) is 0 Å². The van der Waals surface area contributed by atoms with E-state index in [1.54, 1.807) is 6.07 Å². The minimum atomic E-state index is -0.0146. The summed E-state index contributed by atoms with van der Waals surface area (Å²) >= 11 is 12.1. The van der Waals surface area contributed by atoms with Gasteiger partial charge in [0.1, 0.15) is 0 Å². The highest BCUT2D eigenvalue weighted by Crippen LogP contribution is 2.25. The minimum Gasteiger partial charge on any atom is -0.370 e. The highest BCUT2D eigenvalue weighted by Gasteiger charge is 2.10. The molecule has 3 N–H and O–H groups in total. The van der Waals surface area contributed by atoms with Crippen molar-refractivity contribution in [3.63, 3.8) is 0 Å². The predicted molar refractivity (Wildman–Crippen MR) is 117 cm³/mol. The average molecular weight is 487 g/mol. The number of nitrogens with two attached hydrogens (primary N) is 1. The summed E-state index contributed by atoms with van der Waals surface area (Å²) in [6.07, 6.45) is 2.17. The van der Waals surface area contributed by atoms with Crippen molar-refractivity contribution in [3.8, 4) is 0 Å². The number of nitrogens with one attached hydrogen (secondary N) is 1. The number of hydrogen-bond acceptors (Lipinski definition) is 2. The van der Waals surface area contributed by atoms with Crippen LogP contribution in [-0.2, 0) is 0 Å². The monoisotopic (exact) mass is 486 g/mol. The van der Waals surface area contributed by atoms with Crippen LogP contribution >= 0.6 is 47.2 Å². The summed E-state index contributed by atoms with van der Waals surface area (Å²) in [7, 11) is 0. The zero-order valence-corrected chi connectivity index (χ0v) is 18.5. The first-order valence-corrected chi connectivity index (χ1v) is 8.97. The normalized spacial score (nSPS) is 12.8. The van der Waals surface area contributed by atoms with Gasteiger partial charge in [0.15, 0.2) is 5.96 Å². The van der Waals surface area contributed by atoms with Gasteiger partial charge in [-0.15, -0.1) is 24.0 Å². The lowest BCUT2D eigenvalue weighted by molar-refractivity contribution is 0.297. The Morgan fingerprint density at radius 1 is 1.25 bits per heavy atom. The maximum atomic E-state index is 6.20. The Kier molecular flexibility index (Phi) is 12.9. The lowest BCUT2D eigenvalue weighted by Crippen LogP contribution is -2.34. The molecule has 0 aromatic heterocycles. The maximum Gasteiger partial charge on any atom is 0.189 e. The Balaban J connectivity index is 0.00000529. The van der Waals surface area contributed by atoms with Crippen molar-refractivity contribution in [2.45, 2.75) is 39.7 Å². The predicted octanol–water partition coefficient (Wildman–Crippen LogP) is 4.70. The van der Waals surface area contributed by atoms with E-state index in [1.165, 1.54) is 0 Å². The lowest BCUT2D eigenvalue weighted by Gasteiger charge is -2.17. The molecule has 0 heterocycles. The summed E-state index contributed by atoms with van der Waals surface area (Å²) in [5.41, 5.74) is 6.90. The first kappa shape index (κ1) is 23.8. The molecule has 1 unspecified atom stereocenters. The zero-order chi connectivity index (χ0) is 17.2. The molecule has 0 fully saturated rings. The molecule has 1 aromatic rings. The molecule has 24 heavy (non-hydrogen) atoms. The third kappa shape index (κ3) is 8.74. The van der Waals surface area contributed by atoms with Gasteiger partial charge in [-0.3, -0.25) is 4.99 Å². The third-order valence-electron chi connectivity index (χ3n) is 3.85. The van der Waals surface area contributed by atoms with Crippen molar-refractivity contribution in [1.82, 2.24) is 10.2 Å². The third-order valence-corrected chi connectivity index (χ3v) is 4.41. The molecule has 1 atom stereocenters. The lowest BCUT2D eigenvalue weighted by atomic mass is 10.1. The summed E-state index contributed by atoms with van der Waals surface area (Å²) in [6, 6.07) is 5.44. The van der Waals surface area contributed by atoms with Crippen LogP contribution in [0.3, 0.4) is 0 Å². The van der Waals surface area contributed by atoms with Gasteiger partial charge >= 0.3 is 0 Å². The molecule has 1 rings (SSSR count). The summed E-state index contributed by atoms with van der Waals surface area (Å²) in [5.74, 6) is 0.450. The Morgan fingerprint density at radius 3 is 2.50 bits per heavy atom. The van der Waals surface area contributed by atoms with Crippen LogP contribution in [0.2, 0.25) is 10.0 Å². The smallest absolute Gasteiger partial charge is 0.189 e. The van der Waals surface area contributed by atoms with E-state index in [1.807, 2.05) is 19.1 Å². The number of unbranched alkanes of at least 4 members (excludes halogenated alkanes) is 1. The molecule has 0 saturated carbocycles. The number of guanidine groups is 1. The molecule has 0 spiro atoms. The van der Waals surface area contributed by atoms with E-state index in [0.717, 1.165) is 44.6 Å². The maximum absolute atomic E-state index is 6.20. The quantitative estimate of drug-likeness (QED) is 0.230. The van der Waals surface area contributed by atoms with Gasteiger partial charge in [-0.1, -0.05) is 43.1 Å². The Hall–Kier alpha value is -0.240. The van der Waals surface area contributed by atoms with Crippen LogP contribution in [0.5, 0.6) is 0 Å². The van der Waals surface area contributed by atoms with E-state index in [2.05, 4.69) is 29.1 Å². The number of rotatable bonds is 9. The summed E-state index contributed by atoms with van der Waals surface area (Å²) in [6.45, 7) is 10.4. The molecule has 0 aliphatic heterocycles. The summed E-state index contributed by atoms with van der Waals surface area (Å²) in [4.78, 5) is 6.79. The van der Waals surface area contributed by atoms with Gasteiger partial charge < -0.3 is 16.0 Å². The molecule has 0 saturated heterocycles. The highest BCUT2D eigenvalue weighted by atomic mass is 127. The molecular formula is C17H29Cl2IN4. The van der Waals surface area contributed by atoms with Crippen LogP contribution in [0.25, 0.3) is 0 Å². The number of nitrogens with zero attached hydrogens (tertiary/aromatic N) is 2. The van der Waals surface area contributed by atoms with Crippen molar-refractivity contribution < 1.29 is 0 Å². The van der Waals surface area contributed by atoms with Crippen LogP contribution in [0.4, 0.5) is 0 Å². The molecular weight excluding hydrogens is 458 g/mol. The van der Waals surface area contributed by atoms with E-state index in [0.29, 0.717) is 16.0 Å². The van der Waals surface area contributed by atoms with Gasteiger partial charge in [-0.2, -0.15) is 0 Å². The topological polar surface area (TPSA) is 53.6 Å². The van der Waals surface area contributed by atoms with E-state index in [-0.39, 0.29) is 30.0 Å². The summed E-state index contributed by atoms with van der Waals surface area (Å²) in [5, 5.41) is 4.42. The first-order chi connectivity index (χ1) is 11.0. The summed E-state index contributed by atoms with van der Waals surface area (Å²) < 4.78 is 0. The van der Waals surface area contributed by atoms with Crippen molar-refractivity contribution in [2.75, 3.05) is 26.2 Å². The van der Waals surface area contributed by atoms with Gasteiger partial charge in [0.25, 0.3) is 0 Å². The SMILES string of the molecule is CCN(CC)CCCCN=C(N)NC(C)c1ccc(Cl)cc1Cl.I. The van der Waals surface area contributed by atoms with E-state index in [4.69, 9.17) is 28.9 Å².